The van der Waals surface area contributed by atoms with Crippen LogP contribution < -0.4 is 0 Å². The van der Waals surface area contributed by atoms with Gasteiger partial charge < -0.3 is 4.40 Å². The van der Waals surface area contributed by atoms with E-state index >= 15 is 0 Å². The summed E-state index contributed by atoms with van der Waals surface area (Å²) >= 11 is 9.50. The molecule has 0 unspecified atom stereocenters. The molecule has 3 aromatic rings. The molecule has 18 heavy (non-hydrogen) atoms. The van der Waals surface area contributed by atoms with Gasteiger partial charge in [-0.3, -0.25) is 0 Å². The molecule has 0 fully saturated rings. The Morgan fingerprint density at radius 1 is 1.17 bits per heavy atom. The van der Waals surface area contributed by atoms with E-state index in [-0.39, 0.29) is 0 Å². The summed E-state index contributed by atoms with van der Waals surface area (Å²) in [7, 11) is 0. The average Bonchev–Trinajstić information content (AvgIpc) is 2.74. The number of benzene rings is 1. The summed E-state index contributed by atoms with van der Waals surface area (Å²) in [6, 6.07) is 10.2. The molecule has 2 aromatic heterocycles. The lowest BCUT2D eigenvalue weighted by molar-refractivity contribution is 1.18. The molecule has 0 amide bonds. The quantitative estimate of drug-likeness (QED) is 0.633. The minimum Gasteiger partial charge on any atom is -0.304 e. The zero-order valence-corrected chi connectivity index (χ0v) is 12.0. The Kier molecular flexibility index (Phi) is 2.88. The number of pyridine rings is 1. The van der Waals surface area contributed by atoms with Gasteiger partial charge >= 0.3 is 0 Å². The summed E-state index contributed by atoms with van der Waals surface area (Å²) in [6.45, 7) is 2.07. The first kappa shape index (κ1) is 11.8. The van der Waals surface area contributed by atoms with Crippen LogP contribution in [0, 0.1) is 6.92 Å². The molecule has 4 heteroatoms. The van der Waals surface area contributed by atoms with Gasteiger partial charge in [-0.1, -0.05) is 41.4 Å². The lowest BCUT2D eigenvalue weighted by atomic mass is 10.1. The second-order valence-corrected chi connectivity index (χ2v) is 5.52. The van der Waals surface area contributed by atoms with Crippen molar-refractivity contribution in [3.05, 3.63) is 57.8 Å². The Bertz CT molecular complexity index is 716. The maximum absolute atomic E-state index is 6.02. The molecule has 0 bridgehead atoms. The van der Waals surface area contributed by atoms with Crippen LogP contribution in [0.5, 0.6) is 0 Å². The van der Waals surface area contributed by atoms with Gasteiger partial charge in [0.05, 0.1) is 15.2 Å². The van der Waals surface area contributed by atoms with Crippen molar-refractivity contribution in [1.29, 1.82) is 0 Å². The molecule has 0 saturated heterocycles. The molecule has 1 aromatic carbocycles. The first-order valence-electron chi connectivity index (χ1n) is 5.54. The number of hydrogen-bond donors (Lipinski definition) is 0. The molecule has 0 saturated carbocycles. The van der Waals surface area contributed by atoms with E-state index in [0.29, 0.717) is 5.02 Å². The van der Waals surface area contributed by atoms with Crippen LogP contribution in [-0.2, 0) is 0 Å². The zero-order valence-electron chi connectivity index (χ0n) is 9.69. The Balaban J connectivity index is 2.19. The van der Waals surface area contributed by atoms with Crippen molar-refractivity contribution < 1.29 is 0 Å². The molecule has 2 heterocycles. The number of fused-ring (bicyclic) bond motifs is 1. The van der Waals surface area contributed by atoms with Crippen molar-refractivity contribution in [2.75, 3.05) is 0 Å². The Morgan fingerprint density at radius 3 is 2.61 bits per heavy atom. The number of imidazole rings is 1. The van der Waals surface area contributed by atoms with Crippen molar-refractivity contribution in [3.63, 3.8) is 0 Å². The summed E-state index contributed by atoms with van der Waals surface area (Å²) in [4.78, 5) is 4.61. The number of hydrogen-bond acceptors (Lipinski definition) is 1. The second kappa shape index (κ2) is 4.41. The molecule has 0 aliphatic carbocycles. The molecule has 0 aliphatic rings. The van der Waals surface area contributed by atoms with Gasteiger partial charge in [0, 0.05) is 18.0 Å². The van der Waals surface area contributed by atoms with Crippen LogP contribution in [0.4, 0.5) is 0 Å². The predicted molar refractivity (Wildman–Crippen MR) is 78.1 cm³/mol. The van der Waals surface area contributed by atoms with Gasteiger partial charge in [-0.2, -0.15) is 0 Å². The molecule has 0 atom stereocenters. The van der Waals surface area contributed by atoms with Gasteiger partial charge in [-0.25, -0.2) is 4.98 Å². The monoisotopic (exact) mass is 320 g/mol. The smallest absolute Gasteiger partial charge is 0.151 e. The predicted octanol–water partition coefficient (Wildman–Crippen LogP) is 4.73. The van der Waals surface area contributed by atoms with Crippen LogP contribution in [-0.4, -0.2) is 9.38 Å². The SMILES string of the molecule is Cc1ccc(-c2cn3cc(Cl)cc(Br)c3n2)cc1. The third-order valence-corrected chi connectivity index (χ3v) is 3.61. The van der Waals surface area contributed by atoms with Gasteiger partial charge in [0.25, 0.3) is 0 Å². The Labute approximate surface area is 118 Å². The lowest BCUT2D eigenvalue weighted by Crippen LogP contribution is -1.83. The lowest BCUT2D eigenvalue weighted by Gasteiger charge is -1.96. The van der Waals surface area contributed by atoms with Crippen LogP contribution in [0.2, 0.25) is 5.02 Å². The highest BCUT2D eigenvalue weighted by Crippen LogP contribution is 2.26. The molecule has 0 radical (unpaired) electrons. The topological polar surface area (TPSA) is 17.3 Å². The number of halogens is 2. The van der Waals surface area contributed by atoms with E-state index in [4.69, 9.17) is 11.6 Å². The minimum absolute atomic E-state index is 0.683. The van der Waals surface area contributed by atoms with E-state index < -0.39 is 0 Å². The van der Waals surface area contributed by atoms with Crippen LogP contribution in [0.3, 0.4) is 0 Å². The van der Waals surface area contributed by atoms with E-state index in [0.717, 1.165) is 21.4 Å². The fourth-order valence-corrected chi connectivity index (χ4v) is 2.77. The van der Waals surface area contributed by atoms with Gasteiger partial charge in [0.1, 0.15) is 0 Å². The van der Waals surface area contributed by atoms with Gasteiger partial charge in [0.2, 0.25) is 0 Å². The van der Waals surface area contributed by atoms with Crippen molar-refractivity contribution in [1.82, 2.24) is 9.38 Å². The van der Waals surface area contributed by atoms with E-state index in [1.165, 1.54) is 5.56 Å². The van der Waals surface area contributed by atoms with E-state index in [1.54, 1.807) is 0 Å². The summed E-state index contributed by atoms with van der Waals surface area (Å²) in [6.07, 6.45) is 3.84. The first-order valence-corrected chi connectivity index (χ1v) is 6.71. The summed E-state index contributed by atoms with van der Waals surface area (Å²) < 4.78 is 2.83. The number of nitrogens with zero attached hydrogens (tertiary/aromatic N) is 2. The van der Waals surface area contributed by atoms with E-state index in [2.05, 4.69) is 52.1 Å². The van der Waals surface area contributed by atoms with Crippen molar-refractivity contribution in [3.8, 4) is 11.3 Å². The maximum Gasteiger partial charge on any atom is 0.151 e. The first-order chi connectivity index (χ1) is 8.63. The Morgan fingerprint density at radius 2 is 1.89 bits per heavy atom. The zero-order chi connectivity index (χ0) is 12.7. The third-order valence-electron chi connectivity index (χ3n) is 2.82. The molecule has 0 spiro atoms. The normalized spacial score (nSPS) is 11.1. The molecular formula is C14H10BrClN2. The highest BCUT2D eigenvalue weighted by molar-refractivity contribution is 9.10. The van der Waals surface area contributed by atoms with Crippen LogP contribution in [0.15, 0.2) is 47.2 Å². The van der Waals surface area contributed by atoms with Crippen molar-refractivity contribution >= 4 is 33.2 Å². The summed E-state index contributed by atoms with van der Waals surface area (Å²) in [5, 5.41) is 0.683. The van der Waals surface area contributed by atoms with Gasteiger partial charge in [0.15, 0.2) is 5.65 Å². The fraction of sp³-hybridized carbons (Fsp3) is 0.0714. The highest BCUT2D eigenvalue weighted by atomic mass is 79.9. The average molecular weight is 322 g/mol. The Hall–Kier alpha value is -1.32. The number of aromatic nitrogens is 2. The van der Waals surface area contributed by atoms with Crippen LogP contribution in [0.25, 0.3) is 16.9 Å². The third kappa shape index (κ3) is 2.04. The standard InChI is InChI=1S/C14H10BrClN2/c1-9-2-4-10(5-3-9)13-8-18-7-11(16)6-12(15)14(18)17-13/h2-8H,1H3. The molecular weight excluding hydrogens is 312 g/mol. The second-order valence-electron chi connectivity index (χ2n) is 4.23. The van der Waals surface area contributed by atoms with E-state index in [1.807, 2.05) is 22.9 Å². The van der Waals surface area contributed by atoms with Crippen LogP contribution in [0.1, 0.15) is 5.56 Å². The van der Waals surface area contributed by atoms with Crippen molar-refractivity contribution in [2.45, 2.75) is 6.92 Å². The van der Waals surface area contributed by atoms with Crippen molar-refractivity contribution in [2.24, 2.45) is 0 Å². The molecule has 2 nitrogen and oxygen atoms in total. The highest BCUT2D eigenvalue weighted by Gasteiger charge is 2.07. The maximum atomic E-state index is 6.02. The largest absolute Gasteiger partial charge is 0.304 e. The summed E-state index contributed by atoms with van der Waals surface area (Å²) in [5.74, 6) is 0. The molecule has 0 N–H and O–H groups in total. The summed E-state index contributed by atoms with van der Waals surface area (Å²) in [5.41, 5.74) is 4.16. The van der Waals surface area contributed by atoms with Gasteiger partial charge in [-0.05, 0) is 28.9 Å². The molecule has 3 rings (SSSR count). The fourth-order valence-electron chi connectivity index (χ4n) is 1.89. The minimum atomic E-state index is 0.683. The van der Waals surface area contributed by atoms with E-state index in [9.17, 15) is 0 Å². The van der Waals surface area contributed by atoms with Crippen LogP contribution >= 0.6 is 27.5 Å². The van der Waals surface area contributed by atoms with Gasteiger partial charge in [-0.15, -0.1) is 0 Å². The molecule has 0 aliphatic heterocycles. The number of rotatable bonds is 1. The molecule has 90 valence electrons. The number of aryl methyl sites for hydroxylation is 1.